The minimum Gasteiger partial charge on any atom is -0.353 e. The third-order valence-electron chi connectivity index (χ3n) is 4.52. The molecule has 3 unspecified atom stereocenters. The summed E-state index contributed by atoms with van der Waals surface area (Å²) >= 11 is 5.87. The van der Waals surface area contributed by atoms with Crippen molar-refractivity contribution in [1.29, 1.82) is 0 Å². The Bertz CT molecular complexity index is 364. The monoisotopic (exact) mass is 294 g/mol. The lowest BCUT2D eigenvalue weighted by Crippen LogP contribution is -2.60. The highest BCUT2D eigenvalue weighted by atomic mass is 35.5. The van der Waals surface area contributed by atoms with Crippen molar-refractivity contribution in [2.24, 2.45) is 17.8 Å². The number of halogens is 7. The Morgan fingerprint density at radius 3 is 1.94 bits per heavy atom. The summed E-state index contributed by atoms with van der Waals surface area (Å²) in [5, 5.41) is -0.738. The van der Waals surface area contributed by atoms with Gasteiger partial charge in [0.1, 0.15) is 0 Å². The number of ether oxygens (including phenoxy) is 1. The van der Waals surface area contributed by atoms with Crippen LogP contribution in [0.25, 0.3) is 0 Å². The van der Waals surface area contributed by atoms with Crippen molar-refractivity contribution in [3.8, 4) is 0 Å². The summed E-state index contributed by atoms with van der Waals surface area (Å²) in [6, 6.07) is 0. The summed E-state index contributed by atoms with van der Waals surface area (Å²) in [4.78, 5) is 0. The molecule has 1 heterocycles. The molecular formula is C10H9ClF6O. The predicted molar refractivity (Wildman–Crippen MR) is 49.1 cm³/mol. The van der Waals surface area contributed by atoms with Gasteiger partial charge in [0.05, 0.1) is 11.5 Å². The molecule has 1 nitrogen and oxygen atoms in total. The van der Waals surface area contributed by atoms with E-state index in [1.165, 1.54) is 0 Å². The molecule has 8 heteroatoms. The fourth-order valence-electron chi connectivity index (χ4n) is 3.88. The van der Waals surface area contributed by atoms with E-state index in [4.69, 9.17) is 11.6 Å². The first-order valence-corrected chi connectivity index (χ1v) is 5.98. The van der Waals surface area contributed by atoms with E-state index in [1.54, 1.807) is 0 Å². The zero-order valence-electron chi connectivity index (χ0n) is 8.85. The second kappa shape index (κ2) is 3.29. The van der Waals surface area contributed by atoms with Gasteiger partial charge in [0.25, 0.3) is 5.60 Å². The second-order valence-corrected chi connectivity index (χ2v) is 5.76. The van der Waals surface area contributed by atoms with E-state index in [0.717, 1.165) is 0 Å². The average molecular weight is 295 g/mol. The molecule has 0 aromatic heterocycles. The van der Waals surface area contributed by atoms with E-state index in [0.29, 0.717) is 6.42 Å². The van der Waals surface area contributed by atoms with Gasteiger partial charge < -0.3 is 4.74 Å². The van der Waals surface area contributed by atoms with Gasteiger partial charge in [-0.25, -0.2) is 0 Å². The molecule has 3 fully saturated rings. The van der Waals surface area contributed by atoms with Crippen LogP contribution in [0.3, 0.4) is 0 Å². The van der Waals surface area contributed by atoms with Crippen molar-refractivity contribution in [3.05, 3.63) is 0 Å². The molecule has 2 aliphatic carbocycles. The molecule has 3 rings (SSSR count). The van der Waals surface area contributed by atoms with Crippen LogP contribution in [0.1, 0.15) is 12.8 Å². The molecule has 0 spiro atoms. The maximum absolute atomic E-state index is 13.0. The first-order chi connectivity index (χ1) is 8.09. The van der Waals surface area contributed by atoms with Gasteiger partial charge in [-0.2, -0.15) is 26.3 Å². The summed E-state index contributed by atoms with van der Waals surface area (Å²) in [6.07, 6.45) is -11.9. The smallest absolute Gasteiger partial charge is 0.353 e. The topological polar surface area (TPSA) is 9.23 Å². The van der Waals surface area contributed by atoms with Crippen molar-refractivity contribution >= 4 is 11.6 Å². The maximum atomic E-state index is 13.0. The fourth-order valence-corrected chi connectivity index (χ4v) is 4.32. The Morgan fingerprint density at radius 1 is 1.00 bits per heavy atom. The molecule has 0 N–H and O–H groups in total. The largest absolute Gasteiger partial charge is 0.426 e. The van der Waals surface area contributed by atoms with E-state index in [9.17, 15) is 26.3 Å². The van der Waals surface area contributed by atoms with Gasteiger partial charge in [-0.1, -0.05) is 0 Å². The summed E-state index contributed by atoms with van der Waals surface area (Å²) < 4.78 is 82.4. The van der Waals surface area contributed by atoms with Gasteiger partial charge in [-0.05, 0) is 24.7 Å². The van der Waals surface area contributed by atoms with E-state index < -0.39 is 41.3 Å². The lowest BCUT2D eigenvalue weighted by molar-refractivity contribution is -0.383. The van der Waals surface area contributed by atoms with Gasteiger partial charge in [-0.15, -0.1) is 11.6 Å². The van der Waals surface area contributed by atoms with Crippen LogP contribution in [0.5, 0.6) is 0 Å². The van der Waals surface area contributed by atoms with E-state index in [2.05, 4.69) is 4.74 Å². The standard InChI is InChI=1S/C10H9ClF6O/c11-6-3-1-4-5(2-3)8(9(12,13)14,10(15,16)17)18-7(4)6/h3-7H,1-2H2/t3-,4+,5?,6?,7?/m1/s1. The molecule has 18 heavy (non-hydrogen) atoms. The number of hydrogen-bond acceptors (Lipinski definition) is 1. The van der Waals surface area contributed by atoms with Crippen LogP contribution >= 0.6 is 11.6 Å². The SMILES string of the molecule is FC(F)(F)C1(C(F)(F)F)OC2C(Cl)[C@H]3CC1[C@@H]2C3. The highest BCUT2D eigenvalue weighted by molar-refractivity contribution is 6.21. The molecule has 104 valence electrons. The lowest BCUT2D eigenvalue weighted by Gasteiger charge is -2.36. The number of alkyl halides is 7. The Hall–Kier alpha value is -0.170. The minimum atomic E-state index is -5.46. The molecule has 0 radical (unpaired) electrons. The Labute approximate surface area is 103 Å². The zero-order valence-corrected chi connectivity index (χ0v) is 9.61. The van der Waals surface area contributed by atoms with Crippen molar-refractivity contribution in [3.63, 3.8) is 0 Å². The van der Waals surface area contributed by atoms with Crippen LogP contribution in [0, 0.1) is 17.8 Å². The molecular weight excluding hydrogens is 286 g/mol. The Morgan fingerprint density at radius 2 is 1.56 bits per heavy atom. The number of rotatable bonds is 0. The highest BCUT2D eigenvalue weighted by Crippen LogP contribution is 2.68. The van der Waals surface area contributed by atoms with E-state index >= 15 is 0 Å². The van der Waals surface area contributed by atoms with Crippen molar-refractivity contribution < 1.29 is 31.1 Å². The Balaban J connectivity index is 2.09. The van der Waals surface area contributed by atoms with Crippen molar-refractivity contribution in [1.82, 2.24) is 0 Å². The summed E-state index contributed by atoms with van der Waals surface area (Å²) in [7, 11) is 0. The molecule has 5 atom stereocenters. The summed E-state index contributed by atoms with van der Waals surface area (Å²) in [6.45, 7) is 0. The van der Waals surface area contributed by atoms with Gasteiger partial charge >= 0.3 is 12.4 Å². The van der Waals surface area contributed by atoms with Gasteiger partial charge in [-0.3, -0.25) is 0 Å². The number of fused-ring (bicyclic) bond motifs is 1. The normalized spacial score (nSPS) is 45.8. The van der Waals surface area contributed by atoms with Crippen LogP contribution < -0.4 is 0 Å². The molecule has 2 bridgehead atoms. The van der Waals surface area contributed by atoms with Crippen molar-refractivity contribution in [2.45, 2.75) is 42.3 Å². The second-order valence-electron chi connectivity index (χ2n) is 5.26. The highest BCUT2D eigenvalue weighted by Gasteiger charge is 2.83. The van der Waals surface area contributed by atoms with Crippen LogP contribution in [0.2, 0.25) is 0 Å². The Kier molecular flexibility index (Phi) is 2.34. The third-order valence-corrected chi connectivity index (χ3v) is 5.13. The molecule has 0 amide bonds. The van der Waals surface area contributed by atoms with Crippen LogP contribution in [-0.2, 0) is 4.74 Å². The zero-order chi connectivity index (χ0) is 13.5. The lowest BCUT2D eigenvalue weighted by atomic mass is 9.78. The first-order valence-electron chi connectivity index (χ1n) is 5.55. The minimum absolute atomic E-state index is 0.158. The van der Waals surface area contributed by atoms with Crippen molar-refractivity contribution in [2.75, 3.05) is 0 Å². The molecule has 1 saturated heterocycles. The van der Waals surface area contributed by atoms with Crippen LogP contribution in [0.4, 0.5) is 26.3 Å². The third kappa shape index (κ3) is 1.25. The van der Waals surface area contributed by atoms with E-state index in [1.807, 2.05) is 0 Å². The first kappa shape index (κ1) is 12.8. The fraction of sp³-hybridized carbons (Fsp3) is 1.00. The van der Waals surface area contributed by atoms with Gasteiger partial charge in [0.2, 0.25) is 0 Å². The molecule has 0 aromatic rings. The van der Waals surface area contributed by atoms with Gasteiger partial charge in [0, 0.05) is 5.92 Å². The maximum Gasteiger partial charge on any atom is 0.426 e. The number of hydrogen-bond donors (Lipinski definition) is 0. The molecule has 3 aliphatic rings. The molecule has 0 aromatic carbocycles. The van der Waals surface area contributed by atoms with Crippen LogP contribution in [0.15, 0.2) is 0 Å². The average Bonchev–Trinajstić information content (AvgIpc) is 2.72. The predicted octanol–water partition coefficient (Wildman–Crippen LogP) is 3.51. The summed E-state index contributed by atoms with van der Waals surface area (Å²) in [5.74, 6) is -2.55. The molecule has 1 aliphatic heterocycles. The van der Waals surface area contributed by atoms with Gasteiger partial charge in [0.15, 0.2) is 0 Å². The summed E-state index contributed by atoms with van der Waals surface area (Å²) in [5.41, 5.74) is -4.02. The molecule has 2 saturated carbocycles. The van der Waals surface area contributed by atoms with E-state index in [-0.39, 0.29) is 12.3 Å². The van der Waals surface area contributed by atoms with Crippen LogP contribution in [-0.4, -0.2) is 29.4 Å². The quantitative estimate of drug-likeness (QED) is 0.491.